The maximum absolute atomic E-state index is 10.7. The summed E-state index contributed by atoms with van der Waals surface area (Å²) in [4.78, 5) is 2.53. The zero-order chi connectivity index (χ0) is 18.5. The molecule has 1 atom stereocenters. The number of hydrogen-bond acceptors (Lipinski definition) is 3. The molecule has 0 fully saturated rings. The average Bonchev–Trinajstić information content (AvgIpc) is 2.71. The lowest BCUT2D eigenvalue weighted by molar-refractivity contribution is 0.192. The van der Waals surface area contributed by atoms with E-state index in [9.17, 15) is 10.2 Å². The summed E-state index contributed by atoms with van der Waals surface area (Å²) in [5.74, 6) is -0.0406. The molecule has 1 unspecified atom stereocenters. The molecular weight excluding hydrogens is 370 g/mol. The van der Waals surface area contributed by atoms with Crippen molar-refractivity contribution in [2.75, 3.05) is 13.1 Å². The van der Waals surface area contributed by atoms with Crippen molar-refractivity contribution in [1.29, 1.82) is 0 Å². The Kier molecular flexibility index (Phi) is 4.82. The predicted molar refractivity (Wildman–Crippen MR) is 115 cm³/mol. The summed E-state index contributed by atoms with van der Waals surface area (Å²) < 4.78 is 0. The summed E-state index contributed by atoms with van der Waals surface area (Å²) in [5, 5.41) is 20.8. The highest BCUT2D eigenvalue weighted by atomic mass is 35.5. The fraction of sp³-hybridized carbons (Fsp3) is 0.250. The van der Waals surface area contributed by atoms with E-state index in [0.29, 0.717) is 6.04 Å². The van der Waals surface area contributed by atoms with Crippen LogP contribution < -0.4 is 0 Å². The number of benzene rings is 3. The summed E-state index contributed by atoms with van der Waals surface area (Å²) in [6.45, 7) is 4.29. The van der Waals surface area contributed by atoms with Crippen molar-refractivity contribution in [2.45, 2.75) is 25.8 Å². The molecular formula is C24H24ClNO2. The molecule has 5 rings (SSSR count). The second-order valence-corrected chi connectivity index (χ2v) is 7.53. The van der Waals surface area contributed by atoms with Crippen LogP contribution in [0.5, 0.6) is 11.5 Å². The molecule has 2 aliphatic rings. The van der Waals surface area contributed by atoms with Gasteiger partial charge in [-0.25, -0.2) is 0 Å². The second kappa shape index (κ2) is 7.16. The van der Waals surface area contributed by atoms with Crippen molar-refractivity contribution in [3.8, 4) is 33.8 Å². The number of fused-ring (bicyclic) bond motifs is 2. The number of rotatable bonds is 2. The Bertz CT molecular complexity index is 1030. The summed E-state index contributed by atoms with van der Waals surface area (Å²) >= 11 is 0. The number of phenols is 2. The Balaban J connectivity index is 0.00000192. The standard InChI is InChI=1S/C24H23NO2.ClH/c1-2-25-11-10-17-12-18(15-6-4-3-5-7-15)13-19-22(17)20(25)14-16-8-9-21(26)24(27)23(16)19;/h3-9,12-13,20,26-27H,2,10-11,14H2,1H3;1H. The molecule has 0 aromatic heterocycles. The number of aromatic hydroxyl groups is 2. The third-order valence-electron chi connectivity index (χ3n) is 6.15. The minimum atomic E-state index is -0.0470. The maximum Gasteiger partial charge on any atom is 0.165 e. The molecule has 1 aliphatic carbocycles. The van der Waals surface area contributed by atoms with Crippen LogP contribution in [-0.4, -0.2) is 28.2 Å². The molecule has 0 spiro atoms. The van der Waals surface area contributed by atoms with Gasteiger partial charge in [0.1, 0.15) is 0 Å². The van der Waals surface area contributed by atoms with Crippen LogP contribution in [0.25, 0.3) is 22.3 Å². The van der Waals surface area contributed by atoms with Crippen LogP contribution in [0.4, 0.5) is 0 Å². The van der Waals surface area contributed by atoms with Crippen LogP contribution in [0.3, 0.4) is 0 Å². The van der Waals surface area contributed by atoms with Gasteiger partial charge in [-0.05, 0) is 64.9 Å². The van der Waals surface area contributed by atoms with Crippen LogP contribution in [0.15, 0.2) is 54.6 Å². The van der Waals surface area contributed by atoms with E-state index in [1.165, 1.54) is 22.3 Å². The molecule has 3 aromatic carbocycles. The van der Waals surface area contributed by atoms with E-state index in [1.807, 2.05) is 12.1 Å². The Morgan fingerprint density at radius 2 is 1.75 bits per heavy atom. The van der Waals surface area contributed by atoms with Crippen LogP contribution in [0.1, 0.15) is 29.7 Å². The van der Waals surface area contributed by atoms with Gasteiger partial charge in [0.15, 0.2) is 11.5 Å². The van der Waals surface area contributed by atoms with Crippen molar-refractivity contribution in [2.24, 2.45) is 0 Å². The third kappa shape index (κ3) is 2.78. The first-order chi connectivity index (χ1) is 13.2. The van der Waals surface area contributed by atoms with E-state index < -0.39 is 0 Å². The maximum atomic E-state index is 10.7. The van der Waals surface area contributed by atoms with E-state index in [2.05, 4.69) is 48.2 Å². The van der Waals surface area contributed by atoms with Crippen molar-refractivity contribution >= 4 is 12.4 Å². The normalized spacial score (nSPS) is 17.4. The molecule has 0 radical (unpaired) electrons. The Hall–Kier alpha value is -2.49. The van der Waals surface area contributed by atoms with Gasteiger partial charge in [0.2, 0.25) is 0 Å². The Morgan fingerprint density at radius 3 is 2.50 bits per heavy atom. The van der Waals surface area contributed by atoms with Gasteiger partial charge >= 0.3 is 0 Å². The van der Waals surface area contributed by atoms with E-state index in [-0.39, 0.29) is 23.9 Å². The lowest BCUT2D eigenvalue weighted by atomic mass is 9.75. The lowest BCUT2D eigenvalue weighted by Gasteiger charge is -2.41. The minimum Gasteiger partial charge on any atom is -0.504 e. The van der Waals surface area contributed by atoms with Crippen LogP contribution in [0.2, 0.25) is 0 Å². The van der Waals surface area contributed by atoms with Crippen LogP contribution >= 0.6 is 12.4 Å². The smallest absolute Gasteiger partial charge is 0.165 e. The predicted octanol–water partition coefficient (Wildman–Crippen LogP) is 5.33. The highest BCUT2D eigenvalue weighted by Crippen LogP contribution is 2.51. The number of hydrogen-bond donors (Lipinski definition) is 2. The summed E-state index contributed by atoms with van der Waals surface area (Å²) in [6, 6.07) is 18.8. The summed E-state index contributed by atoms with van der Waals surface area (Å²) in [6.07, 6.45) is 1.89. The number of nitrogens with zero attached hydrogens (tertiary/aromatic N) is 1. The van der Waals surface area contributed by atoms with E-state index in [4.69, 9.17) is 0 Å². The molecule has 0 amide bonds. The van der Waals surface area contributed by atoms with Crippen LogP contribution in [-0.2, 0) is 12.8 Å². The van der Waals surface area contributed by atoms with Crippen molar-refractivity contribution in [3.63, 3.8) is 0 Å². The second-order valence-electron chi connectivity index (χ2n) is 7.53. The molecule has 3 aromatic rings. The first-order valence-corrected chi connectivity index (χ1v) is 9.68. The molecule has 0 saturated carbocycles. The molecule has 1 aliphatic heterocycles. The minimum absolute atomic E-state index is 0. The Morgan fingerprint density at radius 1 is 0.964 bits per heavy atom. The van der Waals surface area contributed by atoms with Gasteiger partial charge in [-0.1, -0.05) is 49.4 Å². The van der Waals surface area contributed by atoms with Gasteiger partial charge in [-0.3, -0.25) is 4.90 Å². The zero-order valence-corrected chi connectivity index (χ0v) is 16.7. The van der Waals surface area contributed by atoms with Gasteiger partial charge in [0, 0.05) is 18.2 Å². The molecule has 0 saturated heterocycles. The monoisotopic (exact) mass is 393 g/mol. The first-order valence-electron chi connectivity index (χ1n) is 9.68. The highest BCUT2D eigenvalue weighted by Gasteiger charge is 2.35. The largest absolute Gasteiger partial charge is 0.504 e. The summed E-state index contributed by atoms with van der Waals surface area (Å²) in [5.41, 5.74) is 8.04. The topological polar surface area (TPSA) is 43.7 Å². The number of halogens is 1. The molecule has 3 nitrogen and oxygen atoms in total. The SMILES string of the molecule is CCN1CCc2cc(-c3ccccc3)cc3c2C1Cc1ccc(O)c(O)c1-3.Cl. The quantitative estimate of drug-likeness (QED) is 0.578. The third-order valence-corrected chi connectivity index (χ3v) is 6.15. The first kappa shape index (κ1) is 18.9. The number of phenolic OH excluding ortho intramolecular Hbond substituents is 2. The zero-order valence-electron chi connectivity index (χ0n) is 15.9. The van der Waals surface area contributed by atoms with Gasteiger partial charge < -0.3 is 10.2 Å². The van der Waals surface area contributed by atoms with E-state index in [0.717, 1.165) is 42.6 Å². The summed E-state index contributed by atoms with van der Waals surface area (Å²) in [7, 11) is 0. The van der Waals surface area contributed by atoms with Crippen molar-refractivity contribution < 1.29 is 10.2 Å². The molecule has 1 heterocycles. The molecule has 144 valence electrons. The molecule has 2 N–H and O–H groups in total. The average molecular weight is 394 g/mol. The van der Waals surface area contributed by atoms with E-state index >= 15 is 0 Å². The Labute approximate surface area is 171 Å². The van der Waals surface area contributed by atoms with Gasteiger partial charge in [0.25, 0.3) is 0 Å². The van der Waals surface area contributed by atoms with Crippen molar-refractivity contribution in [1.82, 2.24) is 4.90 Å². The van der Waals surface area contributed by atoms with Gasteiger partial charge in [-0.15, -0.1) is 12.4 Å². The highest BCUT2D eigenvalue weighted by molar-refractivity contribution is 5.86. The molecule has 28 heavy (non-hydrogen) atoms. The lowest BCUT2D eigenvalue weighted by Crippen LogP contribution is -2.38. The fourth-order valence-corrected chi connectivity index (χ4v) is 4.83. The molecule has 0 bridgehead atoms. The van der Waals surface area contributed by atoms with Gasteiger partial charge in [-0.2, -0.15) is 0 Å². The molecule has 4 heteroatoms. The van der Waals surface area contributed by atoms with E-state index in [1.54, 1.807) is 6.07 Å². The fourth-order valence-electron chi connectivity index (χ4n) is 4.83. The van der Waals surface area contributed by atoms with Crippen molar-refractivity contribution in [3.05, 3.63) is 71.3 Å². The van der Waals surface area contributed by atoms with Gasteiger partial charge in [0.05, 0.1) is 0 Å². The number of likely N-dealkylation sites (N-methyl/N-ethyl adjacent to an activating group) is 1. The van der Waals surface area contributed by atoms with Crippen LogP contribution in [0, 0.1) is 0 Å².